The normalized spacial score (nSPS) is 10.8. The van der Waals surface area contributed by atoms with E-state index in [1.54, 1.807) is 7.11 Å². The summed E-state index contributed by atoms with van der Waals surface area (Å²) in [7, 11) is 1.70. The zero-order valence-electron chi connectivity index (χ0n) is 12.8. The highest BCUT2D eigenvalue weighted by atomic mass is 35.5. The van der Waals surface area contributed by atoms with E-state index < -0.39 is 0 Å². The monoisotopic (exact) mass is 306 g/mol. The van der Waals surface area contributed by atoms with Crippen molar-refractivity contribution in [1.29, 1.82) is 0 Å². The van der Waals surface area contributed by atoms with Crippen LogP contribution in [0.15, 0.2) is 30.3 Å². The summed E-state index contributed by atoms with van der Waals surface area (Å²) in [5.74, 6) is 2.62. The van der Waals surface area contributed by atoms with E-state index in [1.807, 2.05) is 12.1 Å². The highest BCUT2D eigenvalue weighted by Gasteiger charge is 2.05. The summed E-state index contributed by atoms with van der Waals surface area (Å²) < 4.78 is 11.2. The Hall–Kier alpha value is -1.41. The lowest BCUT2D eigenvalue weighted by Crippen LogP contribution is -1.97. The molecule has 0 aliphatic heterocycles. The molecule has 3 heteroatoms. The largest absolute Gasteiger partial charge is 0.496 e. The molecule has 0 N–H and O–H groups in total. The van der Waals surface area contributed by atoms with Crippen LogP contribution in [0.4, 0.5) is 0 Å². The molecular formula is C18H23ClO2. The average molecular weight is 307 g/mol. The van der Waals surface area contributed by atoms with Gasteiger partial charge in [0.05, 0.1) is 13.7 Å². The van der Waals surface area contributed by atoms with Crippen molar-refractivity contribution < 1.29 is 9.47 Å². The molecule has 2 aromatic carbocycles. The smallest absolute Gasteiger partial charge is 0.122 e. The van der Waals surface area contributed by atoms with E-state index in [-0.39, 0.29) is 0 Å². The van der Waals surface area contributed by atoms with Gasteiger partial charge in [-0.05, 0) is 54.3 Å². The molecule has 0 bridgehead atoms. The van der Waals surface area contributed by atoms with Gasteiger partial charge in [-0.3, -0.25) is 0 Å². The second-order valence-electron chi connectivity index (χ2n) is 5.23. The van der Waals surface area contributed by atoms with Gasteiger partial charge >= 0.3 is 0 Å². The van der Waals surface area contributed by atoms with Crippen LogP contribution in [0.5, 0.6) is 11.5 Å². The van der Waals surface area contributed by atoms with Crippen LogP contribution in [-0.4, -0.2) is 19.6 Å². The van der Waals surface area contributed by atoms with Crippen molar-refractivity contribution in [2.24, 2.45) is 0 Å². The van der Waals surface area contributed by atoms with Crippen molar-refractivity contribution in [2.75, 3.05) is 19.6 Å². The SMILES string of the molecule is COc1ccc2cc(OCCCCCCCl)ccc2c1C. The van der Waals surface area contributed by atoms with Gasteiger partial charge in [-0.25, -0.2) is 0 Å². The Kier molecular flexibility index (Phi) is 6.19. The Morgan fingerprint density at radius 2 is 1.81 bits per heavy atom. The molecule has 0 atom stereocenters. The van der Waals surface area contributed by atoms with Crippen molar-refractivity contribution in [2.45, 2.75) is 32.6 Å². The summed E-state index contributed by atoms with van der Waals surface area (Å²) in [5.41, 5.74) is 1.17. The van der Waals surface area contributed by atoms with Crippen LogP contribution in [0, 0.1) is 6.92 Å². The van der Waals surface area contributed by atoms with Gasteiger partial charge in [0.15, 0.2) is 0 Å². The minimum Gasteiger partial charge on any atom is -0.496 e. The zero-order chi connectivity index (χ0) is 15.1. The fourth-order valence-corrected chi connectivity index (χ4v) is 2.68. The van der Waals surface area contributed by atoms with Gasteiger partial charge in [0.25, 0.3) is 0 Å². The number of unbranched alkanes of at least 4 members (excludes halogenated alkanes) is 3. The fraction of sp³-hybridized carbons (Fsp3) is 0.444. The first-order valence-corrected chi connectivity index (χ1v) is 8.06. The summed E-state index contributed by atoms with van der Waals surface area (Å²) in [6.07, 6.45) is 4.54. The van der Waals surface area contributed by atoms with Gasteiger partial charge in [-0.15, -0.1) is 11.6 Å². The lowest BCUT2D eigenvalue weighted by Gasteiger charge is -2.10. The Morgan fingerprint density at radius 1 is 1.00 bits per heavy atom. The van der Waals surface area contributed by atoms with Crippen LogP contribution in [0.2, 0.25) is 0 Å². The third kappa shape index (κ3) is 4.28. The molecule has 2 aromatic rings. The minimum atomic E-state index is 0.758. The minimum absolute atomic E-state index is 0.758. The number of rotatable bonds is 8. The third-order valence-corrected chi connectivity index (χ3v) is 3.99. The van der Waals surface area contributed by atoms with Crippen LogP contribution in [-0.2, 0) is 0 Å². The van der Waals surface area contributed by atoms with E-state index in [9.17, 15) is 0 Å². The molecule has 0 fully saturated rings. The summed E-state index contributed by atoms with van der Waals surface area (Å²) in [4.78, 5) is 0. The lowest BCUT2D eigenvalue weighted by atomic mass is 10.0. The molecule has 0 aromatic heterocycles. The molecule has 114 valence electrons. The molecule has 0 heterocycles. The summed E-state index contributed by atoms with van der Waals surface area (Å²) in [6, 6.07) is 10.3. The van der Waals surface area contributed by atoms with E-state index in [0.717, 1.165) is 36.8 Å². The first-order valence-electron chi connectivity index (χ1n) is 7.52. The molecular weight excluding hydrogens is 284 g/mol. The van der Waals surface area contributed by atoms with Crippen molar-refractivity contribution in [3.8, 4) is 11.5 Å². The van der Waals surface area contributed by atoms with E-state index in [0.29, 0.717) is 0 Å². The molecule has 0 aliphatic rings. The standard InChI is InChI=1S/C18H23ClO2/c1-14-17-9-8-16(21-12-6-4-3-5-11-19)13-15(17)7-10-18(14)20-2/h7-10,13H,3-6,11-12H2,1-2H3. The number of halogens is 1. The lowest BCUT2D eigenvalue weighted by molar-refractivity contribution is 0.305. The van der Waals surface area contributed by atoms with Crippen LogP contribution in [0.25, 0.3) is 10.8 Å². The molecule has 21 heavy (non-hydrogen) atoms. The number of alkyl halides is 1. The third-order valence-electron chi connectivity index (χ3n) is 3.73. The first-order chi connectivity index (χ1) is 10.3. The summed E-state index contributed by atoms with van der Waals surface area (Å²) in [6.45, 7) is 2.85. The first kappa shape index (κ1) is 16.0. The fourth-order valence-electron chi connectivity index (χ4n) is 2.49. The number of ether oxygens (including phenoxy) is 2. The van der Waals surface area contributed by atoms with Gasteiger partial charge in [-0.1, -0.05) is 25.0 Å². The molecule has 0 saturated carbocycles. The van der Waals surface area contributed by atoms with Crippen molar-refractivity contribution in [3.05, 3.63) is 35.9 Å². The Balaban J connectivity index is 1.96. The highest BCUT2D eigenvalue weighted by Crippen LogP contribution is 2.29. The zero-order valence-corrected chi connectivity index (χ0v) is 13.6. The van der Waals surface area contributed by atoms with Crippen molar-refractivity contribution >= 4 is 22.4 Å². The quantitative estimate of drug-likeness (QED) is 0.484. The summed E-state index contributed by atoms with van der Waals surface area (Å²) >= 11 is 5.66. The molecule has 0 spiro atoms. The van der Waals surface area contributed by atoms with Gasteiger partial charge in [-0.2, -0.15) is 0 Å². The molecule has 0 radical (unpaired) electrons. The van der Waals surface area contributed by atoms with Crippen LogP contribution >= 0.6 is 11.6 Å². The number of fused-ring (bicyclic) bond motifs is 1. The van der Waals surface area contributed by atoms with Crippen molar-refractivity contribution in [1.82, 2.24) is 0 Å². The van der Waals surface area contributed by atoms with Crippen molar-refractivity contribution in [3.63, 3.8) is 0 Å². The number of hydrogen-bond donors (Lipinski definition) is 0. The second kappa shape index (κ2) is 8.14. The Morgan fingerprint density at radius 3 is 2.57 bits per heavy atom. The molecule has 2 nitrogen and oxygen atoms in total. The van der Waals surface area contributed by atoms with E-state index in [4.69, 9.17) is 21.1 Å². The van der Waals surface area contributed by atoms with Crippen LogP contribution < -0.4 is 9.47 Å². The maximum atomic E-state index is 5.83. The Labute approximate surface area is 132 Å². The summed E-state index contributed by atoms with van der Waals surface area (Å²) in [5, 5.41) is 2.40. The van der Waals surface area contributed by atoms with Gasteiger partial charge in [0.2, 0.25) is 0 Å². The topological polar surface area (TPSA) is 18.5 Å². The van der Waals surface area contributed by atoms with E-state index in [2.05, 4.69) is 25.1 Å². The van der Waals surface area contributed by atoms with E-state index in [1.165, 1.54) is 29.2 Å². The predicted octanol–water partition coefficient (Wildman–Crippen LogP) is 5.33. The maximum absolute atomic E-state index is 5.83. The number of methoxy groups -OCH3 is 1. The number of benzene rings is 2. The van der Waals surface area contributed by atoms with Gasteiger partial charge in [0, 0.05) is 5.88 Å². The molecule has 2 rings (SSSR count). The molecule has 0 unspecified atom stereocenters. The van der Waals surface area contributed by atoms with Gasteiger partial charge in [0.1, 0.15) is 11.5 Å². The van der Waals surface area contributed by atoms with E-state index >= 15 is 0 Å². The van der Waals surface area contributed by atoms with Crippen LogP contribution in [0.1, 0.15) is 31.2 Å². The number of hydrogen-bond acceptors (Lipinski definition) is 2. The average Bonchev–Trinajstić information content (AvgIpc) is 2.51. The van der Waals surface area contributed by atoms with Crippen LogP contribution in [0.3, 0.4) is 0 Å². The maximum Gasteiger partial charge on any atom is 0.122 e. The molecule has 0 saturated heterocycles. The Bertz CT molecular complexity index is 581. The van der Waals surface area contributed by atoms with Gasteiger partial charge < -0.3 is 9.47 Å². The predicted molar refractivity (Wildman–Crippen MR) is 89.9 cm³/mol. The highest BCUT2D eigenvalue weighted by molar-refractivity contribution is 6.17. The molecule has 0 aliphatic carbocycles. The second-order valence-corrected chi connectivity index (χ2v) is 5.61. The number of aryl methyl sites for hydroxylation is 1. The molecule has 0 amide bonds.